The SMILES string of the molecule is CCOC(=O)N1CCC(NC(=S)Nc2ccc(OC)cc2C)CC1. The largest absolute Gasteiger partial charge is 0.497 e. The summed E-state index contributed by atoms with van der Waals surface area (Å²) >= 11 is 5.40. The first-order valence-electron chi connectivity index (χ1n) is 8.17. The van der Waals surface area contributed by atoms with E-state index in [1.54, 1.807) is 12.0 Å². The molecular weight excluding hydrogens is 326 g/mol. The maximum Gasteiger partial charge on any atom is 0.409 e. The van der Waals surface area contributed by atoms with Gasteiger partial charge in [-0.3, -0.25) is 0 Å². The summed E-state index contributed by atoms with van der Waals surface area (Å²) in [7, 11) is 1.65. The van der Waals surface area contributed by atoms with Gasteiger partial charge in [0.25, 0.3) is 0 Å². The quantitative estimate of drug-likeness (QED) is 0.814. The van der Waals surface area contributed by atoms with E-state index in [1.807, 2.05) is 32.0 Å². The molecule has 0 aliphatic carbocycles. The van der Waals surface area contributed by atoms with Crippen LogP contribution in [0.4, 0.5) is 10.5 Å². The van der Waals surface area contributed by atoms with Crippen molar-refractivity contribution in [1.82, 2.24) is 10.2 Å². The van der Waals surface area contributed by atoms with E-state index in [0.29, 0.717) is 24.8 Å². The molecule has 0 saturated carbocycles. The number of nitrogens with one attached hydrogen (secondary N) is 2. The van der Waals surface area contributed by atoms with Crippen molar-refractivity contribution in [2.45, 2.75) is 32.7 Å². The van der Waals surface area contributed by atoms with Gasteiger partial charge >= 0.3 is 6.09 Å². The first-order valence-corrected chi connectivity index (χ1v) is 8.58. The highest BCUT2D eigenvalue weighted by atomic mass is 32.1. The molecule has 1 amide bonds. The van der Waals surface area contributed by atoms with Crippen LogP contribution in [0.3, 0.4) is 0 Å². The van der Waals surface area contributed by atoms with Gasteiger partial charge in [-0.2, -0.15) is 0 Å². The van der Waals surface area contributed by atoms with E-state index < -0.39 is 0 Å². The van der Waals surface area contributed by atoms with Crippen molar-refractivity contribution < 1.29 is 14.3 Å². The lowest BCUT2D eigenvalue weighted by Crippen LogP contribution is -2.47. The molecule has 132 valence electrons. The smallest absolute Gasteiger partial charge is 0.409 e. The van der Waals surface area contributed by atoms with Crippen LogP contribution >= 0.6 is 12.2 Å². The van der Waals surface area contributed by atoms with Gasteiger partial charge in [-0.15, -0.1) is 0 Å². The molecule has 6 nitrogen and oxygen atoms in total. The highest BCUT2D eigenvalue weighted by Gasteiger charge is 2.23. The fourth-order valence-electron chi connectivity index (χ4n) is 2.67. The third-order valence-electron chi connectivity index (χ3n) is 4.04. The van der Waals surface area contributed by atoms with Crippen molar-refractivity contribution in [2.75, 3.05) is 32.1 Å². The Kier molecular flexibility index (Phi) is 6.66. The lowest BCUT2D eigenvalue weighted by molar-refractivity contribution is 0.0964. The molecule has 2 N–H and O–H groups in total. The van der Waals surface area contributed by atoms with Gasteiger partial charge in [0, 0.05) is 24.8 Å². The number of carbonyl (C=O) groups is 1. The number of ether oxygens (including phenoxy) is 2. The van der Waals surface area contributed by atoms with Crippen molar-refractivity contribution in [3.63, 3.8) is 0 Å². The minimum Gasteiger partial charge on any atom is -0.497 e. The lowest BCUT2D eigenvalue weighted by atomic mass is 10.1. The Bertz CT molecular complexity index is 586. The second-order valence-electron chi connectivity index (χ2n) is 5.74. The molecule has 1 aliphatic rings. The summed E-state index contributed by atoms with van der Waals surface area (Å²) in [5.74, 6) is 0.822. The summed E-state index contributed by atoms with van der Waals surface area (Å²) in [6, 6.07) is 6.07. The zero-order valence-electron chi connectivity index (χ0n) is 14.4. The van der Waals surface area contributed by atoms with Gasteiger partial charge in [-0.1, -0.05) is 0 Å². The Morgan fingerprint density at radius 2 is 2.08 bits per heavy atom. The normalized spacial score (nSPS) is 14.9. The highest BCUT2D eigenvalue weighted by molar-refractivity contribution is 7.80. The number of carbonyl (C=O) groups excluding carboxylic acids is 1. The molecule has 7 heteroatoms. The third kappa shape index (κ3) is 4.99. The molecule has 1 fully saturated rings. The molecule has 0 bridgehead atoms. The Morgan fingerprint density at radius 1 is 1.38 bits per heavy atom. The van der Waals surface area contributed by atoms with Gasteiger partial charge in [-0.25, -0.2) is 4.79 Å². The number of hydrogen-bond donors (Lipinski definition) is 2. The molecular formula is C17H25N3O3S. The minimum absolute atomic E-state index is 0.231. The summed E-state index contributed by atoms with van der Waals surface area (Å²) < 4.78 is 10.2. The number of likely N-dealkylation sites (tertiary alicyclic amines) is 1. The molecule has 1 saturated heterocycles. The molecule has 2 rings (SSSR count). The zero-order chi connectivity index (χ0) is 17.5. The van der Waals surface area contributed by atoms with E-state index >= 15 is 0 Å². The topological polar surface area (TPSA) is 62.8 Å². The van der Waals surface area contributed by atoms with Gasteiger partial charge in [0.2, 0.25) is 0 Å². The van der Waals surface area contributed by atoms with E-state index in [0.717, 1.165) is 29.8 Å². The zero-order valence-corrected chi connectivity index (χ0v) is 15.2. The van der Waals surface area contributed by atoms with Gasteiger partial charge < -0.3 is 25.0 Å². The fourth-order valence-corrected chi connectivity index (χ4v) is 2.94. The van der Waals surface area contributed by atoms with Crippen LogP contribution in [0.15, 0.2) is 18.2 Å². The lowest BCUT2D eigenvalue weighted by Gasteiger charge is -2.32. The molecule has 0 atom stereocenters. The van der Waals surface area contributed by atoms with Crippen molar-refractivity contribution in [2.24, 2.45) is 0 Å². The second-order valence-corrected chi connectivity index (χ2v) is 6.15. The van der Waals surface area contributed by atoms with E-state index in [-0.39, 0.29) is 12.1 Å². The van der Waals surface area contributed by atoms with Gasteiger partial charge in [0.15, 0.2) is 5.11 Å². The van der Waals surface area contributed by atoms with Crippen LogP contribution in [0.5, 0.6) is 5.75 Å². The number of anilines is 1. The summed E-state index contributed by atoms with van der Waals surface area (Å²) in [6.45, 7) is 5.59. The fraction of sp³-hybridized carbons (Fsp3) is 0.529. The van der Waals surface area contributed by atoms with Crippen molar-refractivity contribution in [3.8, 4) is 5.75 Å². The number of amides is 1. The first kappa shape index (κ1) is 18.3. The van der Waals surface area contributed by atoms with Crippen molar-refractivity contribution >= 4 is 29.1 Å². The number of thiocarbonyl (C=S) groups is 1. The summed E-state index contributed by atoms with van der Waals surface area (Å²) in [5.41, 5.74) is 2.02. The molecule has 1 aromatic carbocycles. The van der Waals surface area contributed by atoms with E-state index in [4.69, 9.17) is 21.7 Å². The average Bonchev–Trinajstić information content (AvgIpc) is 2.57. The van der Waals surface area contributed by atoms with Crippen LogP contribution < -0.4 is 15.4 Å². The number of benzene rings is 1. The Hall–Kier alpha value is -2.02. The summed E-state index contributed by atoms with van der Waals surface area (Å²) in [6.07, 6.45) is 1.47. The van der Waals surface area contributed by atoms with Crippen LogP contribution in [-0.2, 0) is 4.74 Å². The number of methoxy groups -OCH3 is 1. The number of rotatable bonds is 4. The number of piperidine rings is 1. The molecule has 1 aromatic rings. The Balaban J connectivity index is 1.80. The monoisotopic (exact) mass is 351 g/mol. The van der Waals surface area contributed by atoms with Crippen LogP contribution in [0.2, 0.25) is 0 Å². The van der Waals surface area contributed by atoms with Crippen LogP contribution in [-0.4, -0.2) is 49.0 Å². The van der Waals surface area contributed by atoms with E-state index in [9.17, 15) is 4.79 Å². The average molecular weight is 351 g/mol. The Labute approximate surface area is 148 Å². The van der Waals surface area contributed by atoms with Crippen molar-refractivity contribution in [3.05, 3.63) is 23.8 Å². The van der Waals surface area contributed by atoms with Crippen LogP contribution in [0.25, 0.3) is 0 Å². The third-order valence-corrected chi connectivity index (χ3v) is 4.26. The second kappa shape index (κ2) is 8.73. The molecule has 1 aliphatic heterocycles. The predicted octanol–water partition coefficient (Wildman–Crippen LogP) is 2.91. The maximum atomic E-state index is 11.7. The summed E-state index contributed by atoms with van der Waals surface area (Å²) in [5, 5.41) is 7.14. The molecule has 0 spiro atoms. The molecule has 1 heterocycles. The molecule has 0 aromatic heterocycles. The Morgan fingerprint density at radius 3 is 2.67 bits per heavy atom. The standard InChI is InChI=1S/C17H25N3O3S/c1-4-23-17(21)20-9-7-13(8-10-20)18-16(24)19-15-6-5-14(22-3)11-12(15)2/h5-6,11,13H,4,7-10H2,1-3H3,(H2,18,19,24). The van der Waals surface area contributed by atoms with Crippen LogP contribution in [0.1, 0.15) is 25.3 Å². The molecule has 24 heavy (non-hydrogen) atoms. The van der Waals surface area contributed by atoms with Gasteiger partial charge in [-0.05, 0) is 62.7 Å². The van der Waals surface area contributed by atoms with Gasteiger partial charge in [0.05, 0.1) is 13.7 Å². The first-order chi connectivity index (χ1) is 11.5. The minimum atomic E-state index is -0.231. The number of aryl methyl sites for hydroxylation is 1. The molecule has 0 radical (unpaired) electrons. The predicted molar refractivity (Wildman–Crippen MR) is 98.7 cm³/mol. The van der Waals surface area contributed by atoms with Crippen molar-refractivity contribution in [1.29, 1.82) is 0 Å². The highest BCUT2D eigenvalue weighted by Crippen LogP contribution is 2.21. The summed E-state index contributed by atoms with van der Waals surface area (Å²) in [4.78, 5) is 13.4. The number of hydrogen-bond acceptors (Lipinski definition) is 4. The van der Waals surface area contributed by atoms with E-state index in [2.05, 4.69) is 10.6 Å². The van der Waals surface area contributed by atoms with Gasteiger partial charge in [0.1, 0.15) is 5.75 Å². The molecule has 0 unspecified atom stereocenters. The van der Waals surface area contributed by atoms with Crippen LogP contribution in [0, 0.1) is 6.92 Å². The maximum absolute atomic E-state index is 11.7. The van der Waals surface area contributed by atoms with E-state index in [1.165, 1.54) is 0 Å². The number of nitrogens with zero attached hydrogens (tertiary/aromatic N) is 1.